The van der Waals surface area contributed by atoms with E-state index in [0.29, 0.717) is 35.9 Å². The second kappa shape index (κ2) is 8.96. The van der Waals surface area contributed by atoms with Crippen molar-refractivity contribution in [3.63, 3.8) is 0 Å². The van der Waals surface area contributed by atoms with E-state index in [-0.39, 0.29) is 17.3 Å². The van der Waals surface area contributed by atoms with Gasteiger partial charge in [-0.2, -0.15) is 0 Å². The lowest BCUT2D eigenvalue weighted by Gasteiger charge is -2.27. The first kappa shape index (κ1) is 22.4. The van der Waals surface area contributed by atoms with E-state index in [9.17, 15) is 8.42 Å². The maximum Gasteiger partial charge on any atom is 0.243 e. The van der Waals surface area contributed by atoms with Gasteiger partial charge in [0.05, 0.1) is 23.7 Å². The molecule has 0 amide bonds. The summed E-state index contributed by atoms with van der Waals surface area (Å²) in [5.74, 6) is 0.460. The van der Waals surface area contributed by atoms with Crippen LogP contribution in [0.25, 0.3) is 0 Å². The first-order valence-electron chi connectivity index (χ1n) is 10.8. The third-order valence-electron chi connectivity index (χ3n) is 5.32. The van der Waals surface area contributed by atoms with Gasteiger partial charge in [0.15, 0.2) is 0 Å². The van der Waals surface area contributed by atoms with E-state index >= 15 is 0 Å². The monoisotopic (exact) mass is 451 g/mol. The van der Waals surface area contributed by atoms with Crippen molar-refractivity contribution >= 4 is 21.4 Å². The van der Waals surface area contributed by atoms with Crippen LogP contribution in [0.15, 0.2) is 78.9 Å². The molecule has 0 aliphatic carbocycles. The Labute approximate surface area is 190 Å². The standard InChI is InChI=1S/C26H29NO4S/c1-26(2,3)24-16-10-11-20(25(24)31-18-23-17-30-23)19-32(28,29)27(21-12-6-4-7-13-21)22-14-8-5-9-15-22/h4-16,23H,17-19H2,1-3H3. The van der Waals surface area contributed by atoms with Gasteiger partial charge < -0.3 is 9.47 Å². The Morgan fingerprint density at radius 2 is 1.47 bits per heavy atom. The van der Waals surface area contributed by atoms with Gasteiger partial charge in [-0.05, 0) is 35.2 Å². The van der Waals surface area contributed by atoms with Gasteiger partial charge in [0.2, 0.25) is 10.0 Å². The van der Waals surface area contributed by atoms with Gasteiger partial charge >= 0.3 is 0 Å². The van der Waals surface area contributed by atoms with E-state index in [1.165, 1.54) is 4.31 Å². The van der Waals surface area contributed by atoms with E-state index in [4.69, 9.17) is 9.47 Å². The largest absolute Gasteiger partial charge is 0.490 e. The summed E-state index contributed by atoms with van der Waals surface area (Å²) in [6, 6.07) is 24.1. The number of hydrogen-bond acceptors (Lipinski definition) is 4. The molecule has 0 aromatic heterocycles. The van der Waals surface area contributed by atoms with Crippen LogP contribution in [0, 0.1) is 0 Å². The van der Waals surface area contributed by atoms with Crippen molar-refractivity contribution in [2.45, 2.75) is 38.0 Å². The summed E-state index contributed by atoms with van der Waals surface area (Å²) >= 11 is 0. The Bertz CT molecular complexity index is 1110. The molecule has 0 radical (unpaired) electrons. The fraction of sp³-hybridized carbons (Fsp3) is 0.308. The summed E-state index contributed by atoms with van der Waals surface area (Å²) in [4.78, 5) is 0. The number of epoxide rings is 1. The SMILES string of the molecule is CC(C)(C)c1cccc(CS(=O)(=O)N(c2ccccc2)c2ccccc2)c1OCC1CO1. The Morgan fingerprint density at radius 3 is 1.97 bits per heavy atom. The van der Waals surface area contributed by atoms with Crippen LogP contribution < -0.4 is 9.04 Å². The predicted octanol–water partition coefficient (Wildman–Crippen LogP) is 5.43. The maximum atomic E-state index is 13.8. The van der Waals surface area contributed by atoms with Crippen LogP contribution in [0.5, 0.6) is 5.75 Å². The number of nitrogens with zero attached hydrogens (tertiary/aromatic N) is 1. The molecular weight excluding hydrogens is 422 g/mol. The van der Waals surface area contributed by atoms with Gasteiger partial charge in [-0.3, -0.25) is 0 Å². The number of para-hydroxylation sites is 3. The second-order valence-corrected chi connectivity index (χ2v) is 10.8. The van der Waals surface area contributed by atoms with Crippen LogP contribution in [0.4, 0.5) is 11.4 Å². The first-order chi connectivity index (χ1) is 15.3. The minimum Gasteiger partial charge on any atom is -0.490 e. The zero-order valence-corrected chi connectivity index (χ0v) is 19.5. The topological polar surface area (TPSA) is 59.1 Å². The minimum atomic E-state index is -3.77. The molecule has 0 bridgehead atoms. The van der Waals surface area contributed by atoms with Crippen LogP contribution >= 0.6 is 0 Å². The number of benzene rings is 3. The van der Waals surface area contributed by atoms with E-state index < -0.39 is 10.0 Å². The highest BCUT2D eigenvalue weighted by Crippen LogP contribution is 2.37. The molecule has 3 aromatic rings. The number of rotatable bonds is 8. The van der Waals surface area contributed by atoms with Crippen molar-refractivity contribution in [3.05, 3.63) is 90.0 Å². The highest BCUT2D eigenvalue weighted by Gasteiger charge is 2.30. The van der Waals surface area contributed by atoms with E-state index in [2.05, 4.69) is 20.8 Å². The van der Waals surface area contributed by atoms with Gasteiger partial charge in [-0.1, -0.05) is 75.4 Å². The molecule has 4 rings (SSSR count). The number of hydrogen-bond donors (Lipinski definition) is 0. The molecule has 168 valence electrons. The van der Waals surface area contributed by atoms with Gasteiger partial charge in [0.25, 0.3) is 0 Å². The smallest absolute Gasteiger partial charge is 0.243 e. The molecule has 0 spiro atoms. The molecule has 1 aliphatic rings. The van der Waals surface area contributed by atoms with Crippen molar-refractivity contribution < 1.29 is 17.9 Å². The van der Waals surface area contributed by atoms with Crippen LogP contribution in [0.1, 0.15) is 31.9 Å². The molecule has 3 aromatic carbocycles. The highest BCUT2D eigenvalue weighted by molar-refractivity contribution is 7.92. The third-order valence-corrected chi connectivity index (χ3v) is 6.97. The van der Waals surface area contributed by atoms with Crippen LogP contribution in [0.3, 0.4) is 0 Å². The quantitative estimate of drug-likeness (QED) is 0.429. The molecule has 1 saturated heterocycles. The van der Waals surface area contributed by atoms with Crippen molar-refractivity contribution in [2.24, 2.45) is 0 Å². The van der Waals surface area contributed by atoms with Gasteiger partial charge in [0, 0.05) is 5.56 Å². The molecule has 1 heterocycles. The summed E-state index contributed by atoms with van der Waals surface area (Å²) < 4.78 is 40.5. The van der Waals surface area contributed by atoms with Gasteiger partial charge in [-0.15, -0.1) is 0 Å². The van der Waals surface area contributed by atoms with E-state index in [1.54, 1.807) is 24.3 Å². The zero-order chi connectivity index (χ0) is 22.8. The molecule has 5 nitrogen and oxygen atoms in total. The third kappa shape index (κ3) is 5.14. The van der Waals surface area contributed by atoms with Crippen molar-refractivity contribution in [2.75, 3.05) is 17.5 Å². The zero-order valence-electron chi connectivity index (χ0n) is 18.7. The lowest BCUT2D eigenvalue weighted by Crippen LogP contribution is -2.28. The average Bonchev–Trinajstić information content (AvgIpc) is 3.58. The number of sulfonamides is 1. The molecule has 32 heavy (non-hydrogen) atoms. The summed E-state index contributed by atoms with van der Waals surface area (Å²) in [6.07, 6.45) is 0.0811. The Morgan fingerprint density at radius 1 is 0.906 bits per heavy atom. The lowest BCUT2D eigenvalue weighted by atomic mass is 9.85. The molecule has 1 aliphatic heterocycles. The lowest BCUT2D eigenvalue weighted by molar-refractivity contribution is 0.256. The Kier molecular flexibility index (Phi) is 6.26. The molecular formula is C26H29NO4S. The van der Waals surface area contributed by atoms with Gasteiger partial charge in [0.1, 0.15) is 18.5 Å². The van der Waals surface area contributed by atoms with Crippen molar-refractivity contribution in [1.82, 2.24) is 0 Å². The average molecular weight is 452 g/mol. The number of anilines is 2. The molecule has 1 unspecified atom stereocenters. The summed E-state index contributed by atoms with van der Waals surface area (Å²) in [6.45, 7) is 7.40. The van der Waals surface area contributed by atoms with Crippen LogP contribution in [0.2, 0.25) is 0 Å². The summed E-state index contributed by atoms with van der Waals surface area (Å²) in [5, 5.41) is 0. The fourth-order valence-electron chi connectivity index (χ4n) is 3.66. The molecule has 0 saturated carbocycles. The van der Waals surface area contributed by atoms with Crippen molar-refractivity contribution in [3.8, 4) is 5.75 Å². The van der Waals surface area contributed by atoms with Crippen molar-refractivity contribution in [1.29, 1.82) is 0 Å². The Hall–Kier alpha value is -2.83. The maximum absolute atomic E-state index is 13.8. The molecule has 0 N–H and O–H groups in total. The predicted molar refractivity (Wildman–Crippen MR) is 128 cm³/mol. The number of ether oxygens (including phenoxy) is 2. The minimum absolute atomic E-state index is 0.0811. The molecule has 1 atom stereocenters. The van der Waals surface area contributed by atoms with Gasteiger partial charge in [-0.25, -0.2) is 12.7 Å². The van der Waals surface area contributed by atoms with E-state index in [0.717, 1.165) is 5.56 Å². The molecule has 6 heteroatoms. The normalized spacial score (nSPS) is 15.9. The van der Waals surface area contributed by atoms with E-state index in [1.807, 2.05) is 54.6 Å². The second-order valence-electron chi connectivity index (χ2n) is 9.00. The first-order valence-corrected chi connectivity index (χ1v) is 12.4. The highest BCUT2D eigenvalue weighted by atomic mass is 32.2. The van der Waals surface area contributed by atoms with Crippen LogP contribution in [-0.2, 0) is 25.9 Å². The fourth-order valence-corrected chi connectivity index (χ4v) is 5.29. The van der Waals surface area contributed by atoms with Crippen LogP contribution in [-0.4, -0.2) is 27.7 Å². The summed E-state index contributed by atoms with van der Waals surface area (Å²) in [5.41, 5.74) is 2.63. The molecule has 1 fully saturated rings. The Balaban J connectivity index is 1.75. The summed E-state index contributed by atoms with van der Waals surface area (Å²) in [7, 11) is -3.77.